The van der Waals surface area contributed by atoms with Crippen LogP contribution in [0.25, 0.3) is 0 Å². The molecule has 0 saturated heterocycles. The first-order valence-electron chi connectivity index (χ1n) is 18.3. The zero-order chi connectivity index (χ0) is 45.7. The molecule has 0 aliphatic heterocycles. The van der Waals surface area contributed by atoms with Gasteiger partial charge in [-0.25, -0.2) is 8.42 Å². The Kier molecular flexibility index (Phi) is 31.0. The topological polar surface area (TPSA) is 256 Å². The predicted molar refractivity (Wildman–Crippen MR) is 227 cm³/mol. The molecule has 22 heteroatoms. The summed E-state index contributed by atoms with van der Waals surface area (Å²) in [7, 11) is -6.08. The van der Waals surface area contributed by atoms with Gasteiger partial charge in [-0.15, -0.1) is 0 Å². The Bertz CT molecular complexity index is 2070. The number of carbonyl (C=O) groups excluding carboxylic acids is 1. The van der Waals surface area contributed by atoms with Gasteiger partial charge in [0.25, 0.3) is 29.3 Å². The van der Waals surface area contributed by atoms with Crippen molar-refractivity contribution in [3.63, 3.8) is 0 Å². The number of aromatic hydroxyl groups is 2. The summed E-state index contributed by atoms with van der Waals surface area (Å²) in [4.78, 5) is 10.4. The maximum Gasteiger partial charge on any atom is 1.00 e. The van der Waals surface area contributed by atoms with Crippen LogP contribution in [0.4, 0.5) is 0 Å². The molecule has 0 saturated carbocycles. The van der Waals surface area contributed by atoms with Crippen LogP contribution in [0, 0.1) is 20.8 Å². The van der Waals surface area contributed by atoms with Gasteiger partial charge in [0.2, 0.25) is 0 Å². The van der Waals surface area contributed by atoms with Crippen molar-refractivity contribution in [2.24, 2.45) is 0 Å². The summed E-state index contributed by atoms with van der Waals surface area (Å²) in [5.74, 6) is -0.637. The summed E-state index contributed by atoms with van der Waals surface area (Å²) < 4.78 is 99.4. The number of ether oxygens (including phenoxy) is 4. The maximum atomic E-state index is 12.0. The number of hydrogen-bond acceptors (Lipinski definition) is 17. The summed E-state index contributed by atoms with van der Waals surface area (Å²) in [5.41, 5.74) is 3.01. The van der Waals surface area contributed by atoms with Crippen LogP contribution in [0.3, 0.4) is 0 Å². The molecular formula is C40H54ClNaO17S3. The number of aliphatic hydroxyl groups excluding tert-OH is 2. The molecule has 0 aromatic heterocycles. The second-order valence-corrected chi connectivity index (χ2v) is 18.0. The second kappa shape index (κ2) is 32.6. The average Bonchev–Trinajstić information content (AvgIpc) is 3.22. The Morgan fingerprint density at radius 1 is 0.516 bits per heavy atom. The van der Waals surface area contributed by atoms with E-state index in [0.717, 1.165) is 16.7 Å². The quantitative estimate of drug-likeness (QED) is 0.0217. The van der Waals surface area contributed by atoms with Crippen LogP contribution in [-0.2, 0) is 56.6 Å². The fourth-order valence-electron chi connectivity index (χ4n) is 4.07. The van der Waals surface area contributed by atoms with Crippen LogP contribution >= 0.6 is 10.7 Å². The van der Waals surface area contributed by atoms with Crippen LogP contribution in [-0.4, -0.2) is 131 Å². The van der Waals surface area contributed by atoms with Crippen LogP contribution in [0.15, 0.2) is 106 Å². The largest absolute Gasteiger partial charge is 1.00 e. The minimum absolute atomic E-state index is 0. The van der Waals surface area contributed by atoms with Crippen molar-refractivity contribution < 1.29 is 109 Å². The first-order chi connectivity index (χ1) is 28.9. The van der Waals surface area contributed by atoms with Crippen LogP contribution in [0.1, 0.15) is 28.5 Å². The number of halogens is 1. The molecule has 0 amide bonds. The summed E-state index contributed by atoms with van der Waals surface area (Å²) in [6.07, 6.45) is 0.481. The molecule has 0 heterocycles. The number of para-hydroxylation sites is 1. The van der Waals surface area contributed by atoms with E-state index in [1.165, 1.54) is 54.6 Å². The number of carbonyl (C=O) groups is 1. The first-order valence-corrected chi connectivity index (χ1v) is 23.4. The van der Waals surface area contributed by atoms with E-state index in [4.69, 9.17) is 58.4 Å². The molecule has 62 heavy (non-hydrogen) atoms. The molecule has 17 nitrogen and oxygen atoms in total. The van der Waals surface area contributed by atoms with E-state index in [0.29, 0.717) is 32.7 Å². The smallest absolute Gasteiger partial charge is 1.00 e. The van der Waals surface area contributed by atoms with E-state index in [9.17, 15) is 30.0 Å². The van der Waals surface area contributed by atoms with Gasteiger partial charge < -0.3 is 40.8 Å². The van der Waals surface area contributed by atoms with Crippen molar-refractivity contribution in [3.8, 4) is 11.5 Å². The van der Waals surface area contributed by atoms with E-state index in [-0.39, 0.29) is 116 Å². The Morgan fingerprint density at radius 2 is 0.839 bits per heavy atom. The molecule has 0 unspecified atom stereocenters. The standard InChI is InChI=1S/C20H26O8S2.C7H7ClO2S.C7H6O3.C6H14O4.Na.H/c1-17-3-7-19(8-4-17)29(21,22)27-15-13-25-11-12-26-14-16-28-30(23,24)20-9-5-18(2)6-10-20;1-6-2-4-7(5-3-6)11(8,9)10;8-4-5-2-1-3-6(9)7(5)10;7-1-3-9-5-6-10-4-2-8;;/h3-10H,11-16H2,1-2H3;2-5H,1H3;1-4,9-10H;7-8H,1-6H2;;/q;;;;+1;-1. The number of hydrogen-bond donors (Lipinski definition) is 4. The van der Waals surface area contributed by atoms with Crippen molar-refractivity contribution >= 4 is 46.3 Å². The molecule has 0 bridgehead atoms. The normalized spacial score (nSPS) is 11.1. The third kappa shape index (κ3) is 25.9. The van der Waals surface area contributed by atoms with Gasteiger partial charge in [0.1, 0.15) is 0 Å². The van der Waals surface area contributed by atoms with Gasteiger partial charge in [-0.05, 0) is 69.3 Å². The maximum absolute atomic E-state index is 12.0. The van der Waals surface area contributed by atoms with E-state index in [2.05, 4.69) is 0 Å². The zero-order valence-corrected chi connectivity index (χ0v) is 40.1. The molecule has 0 atom stereocenters. The van der Waals surface area contributed by atoms with E-state index in [1.807, 2.05) is 20.8 Å². The van der Waals surface area contributed by atoms with Gasteiger partial charge >= 0.3 is 29.6 Å². The zero-order valence-electron chi connectivity index (χ0n) is 35.9. The van der Waals surface area contributed by atoms with Crippen molar-refractivity contribution in [2.75, 3.05) is 79.3 Å². The number of rotatable bonds is 22. The van der Waals surface area contributed by atoms with Gasteiger partial charge in [-0.1, -0.05) is 59.2 Å². The van der Waals surface area contributed by atoms with E-state index >= 15 is 0 Å². The average molecular weight is 961 g/mol. The van der Waals surface area contributed by atoms with Gasteiger partial charge in [-0.2, -0.15) is 16.8 Å². The molecular weight excluding hydrogens is 907 g/mol. The SMILES string of the molecule is Cc1ccc(S(=O)(=O)Cl)cc1.Cc1ccc(S(=O)(=O)OCCOCCOCCOS(=O)(=O)c2ccc(C)cc2)cc1.O=Cc1cccc(O)c1O.OCCOCCOCCO.[H-].[Na+]. The van der Waals surface area contributed by atoms with Gasteiger partial charge in [0.05, 0.1) is 99.5 Å². The van der Waals surface area contributed by atoms with E-state index < -0.39 is 29.3 Å². The molecule has 0 fully saturated rings. The van der Waals surface area contributed by atoms with Crippen LogP contribution < -0.4 is 29.6 Å². The molecule has 4 N–H and O–H groups in total. The third-order valence-corrected chi connectivity index (χ3v) is 11.3. The Labute approximate surface area is 391 Å². The predicted octanol–water partition coefficient (Wildman–Crippen LogP) is 1.40. The monoisotopic (exact) mass is 960 g/mol. The van der Waals surface area contributed by atoms with Gasteiger partial charge in [0.15, 0.2) is 17.8 Å². The molecule has 342 valence electrons. The minimum Gasteiger partial charge on any atom is -1.00 e. The third-order valence-electron chi connectivity index (χ3n) is 7.24. The molecule has 4 aromatic carbocycles. The van der Waals surface area contributed by atoms with Crippen molar-refractivity contribution in [3.05, 3.63) is 113 Å². The molecule has 0 spiro atoms. The summed E-state index contributed by atoms with van der Waals surface area (Å²) in [6, 6.07) is 23.3. The number of benzene rings is 4. The molecule has 0 radical (unpaired) electrons. The van der Waals surface area contributed by atoms with Gasteiger partial charge in [0, 0.05) is 10.7 Å². The fourth-order valence-corrected chi connectivity index (χ4v) is 6.62. The number of aliphatic hydroxyl groups is 2. The Hall–Kier alpha value is -3.03. The number of phenolic OH excluding ortho intramolecular Hbond substituents is 2. The van der Waals surface area contributed by atoms with Crippen molar-refractivity contribution in [2.45, 2.75) is 35.5 Å². The Balaban J connectivity index is 0. The van der Waals surface area contributed by atoms with E-state index in [1.54, 1.807) is 36.4 Å². The number of aryl methyl sites for hydroxylation is 3. The summed E-state index contributed by atoms with van der Waals surface area (Å²) in [5, 5.41) is 34.3. The molecule has 0 aliphatic rings. The summed E-state index contributed by atoms with van der Waals surface area (Å²) >= 11 is 0. The van der Waals surface area contributed by atoms with Crippen LogP contribution in [0.5, 0.6) is 11.5 Å². The number of phenols is 2. The summed E-state index contributed by atoms with van der Waals surface area (Å²) in [6.45, 7) is 7.67. The fraction of sp³-hybridized carbons (Fsp3) is 0.375. The first kappa shape index (κ1) is 59.0. The Morgan fingerprint density at radius 3 is 1.15 bits per heavy atom. The van der Waals surface area contributed by atoms with Gasteiger partial charge in [-0.3, -0.25) is 13.2 Å². The van der Waals surface area contributed by atoms with Crippen molar-refractivity contribution in [1.82, 2.24) is 0 Å². The molecule has 0 aliphatic carbocycles. The molecule has 4 rings (SSSR count). The van der Waals surface area contributed by atoms with Crippen molar-refractivity contribution in [1.29, 1.82) is 0 Å². The second-order valence-electron chi connectivity index (χ2n) is 12.2. The minimum atomic E-state index is -3.81. The molecule has 4 aromatic rings. The van der Waals surface area contributed by atoms with Crippen LogP contribution in [0.2, 0.25) is 0 Å². The number of aldehydes is 1.